The molecule has 1 fully saturated rings. The molecule has 3 N–H and O–H groups in total. The maximum Gasteiger partial charge on any atom is 0.165 e. The number of aliphatic hydroxyl groups excluding tert-OH is 1. The number of benzene rings is 1. The van der Waals surface area contributed by atoms with Gasteiger partial charge in [-0.15, -0.1) is 0 Å². The Kier molecular flexibility index (Phi) is 3.42. The fraction of sp³-hybridized carbons (Fsp3) is 0.450. The average Bonchev–Trinajstić information content (AvgIpc) is 3.31. The molecule has 0 unspecified atom stereocenters. The SMILES string of the molecule is CN1CC[C@]23c4c5ccc(O)c4O[C@H]2[C@@H](O)C=C[C@H]3[C@H]1C5.c1c[nH]cn1. The number of H-pyrrole nitrogens is 1. The van der Waals surface area contributed by atoms with Crippen LogP contribution >= 0.6 is 0 Å². The van der Waals surface area contributed by atoms with Gasteiger partial charge in [-0.1, -0.05) is 18.2 Å². The van der Waals surface area contributed by atoms with Gasteiger partial charge in [-0.05, 0) is 38.1 Å². The number of aliphatic hydroxyl groups is 1. The Balaban J connectivity index is 0.000000262. The van der Waals surface area contributed by atoms with E-state index in [1.54, 1.807) is 24.8 Å². The van der Waals surface area contributed by atoms with Crippen LogP contribution in [0.2, 0.25) is 0 Å². The maximum atomic E-state index is 10.4. The van der Waals surface area contributed by atoms with Gasteiger partial charge in [0, 0.05) is 35.3 Å². The standard InChI is InChI=1S/C17H19NO3.C3H4N2/c1-18-7-6-17-10-3-5-13(20)16(17)21-15-12(19)4-2-9(14(15)17)8-11(10)18;1-2-5-3-4-1/h2-5,10-11,13,16,19-20H,6-8H2,1H3;1-3H,(H,4,5)/t10-,11+,13-,16-,17-;/m0./s1. The maximum absolute atomic E-state index is 10.4. The number of phenols is 1. The number of rotatable bonds is 0. The van der Waals surface area contributed by atoms with Gasteiger partial charge in [-0.3, -0.25) is 0 Å². The highest BCUT2D eigenvalue weighted by molar-refractivity contribution is 5.61. The third-order valence-electron chi connectivity index (χ3n) is 6.56. The van der Waals surface area contributed by atoms with E-state index >= 15 is 0 Å². The lowest BCUT2D eigenvalue weighted by molar-refractivity contribution is -0.0453. The van der Waals surface area contributed by atoms with Gasteiger partial charge in [-0.25, -0.2) is 4.98 Å². The number of aromatic nitrogens is 2. The Labute approximate surface area is 152 Å². The zero-order chi connectivity index (χ0) is 17.9. The van der Waals surface area contributed by atoms with E-state index in [1.165, 1.54) is 11.1 Å². The van der Waals surface area contributed by atoms with E-state index in [0.717, 1.165) is 19.4 Å². The molecule has 1 spiro atoms. The van der Waals surface area contributed by atoms with Crippen molar-refractivity contribution in [2.75, 3.05) is 13.6 Å². The number of piperidine rings is 1. The molecule has 3 heterocycles. The minimum atomic E-state index is -0.594. The van der Waals surface area contributed by atoms with Gasteiger partial charge in [-0.2, -0.15) is 0 Å². The molecule has 0 saturated carbocycles. The first kappa shape index (κ1) is 15.9. The summed E-state index contributed by atoms with van der Waals surface area (Å²) in [6.07, 6.45) is 10.3. The third kappa shape index (κ3) is 1.97. The lowest BCUT2D eigenvalue weighted by atomic mass is 9.53. The van der Waals surface area contributed by atoms with Gasteiger partial charge in [0.1, 0.15) is 12.2 Å². The number of nitrogens with one attached hydrogen (secondary N) is 1. The summed E-state index contributed by atoms with van der Waals surface area (Å²) in [5.41, 5.74) is 2.29. The first-order valence-corrected chi connectivity index (χ1v) is 9.14. The van der Waals surface area contributed by atoms with Crippen molar-refractivity contribution < 1.29 is 14.9 Å². The van der Waals surface area contributed by atoms with E-state index in [2.05, 4.69) is 28.0 Å². The van der Waals surface area contributed by atoms with Crippen LogP contribution in [-0.4, -0.2) is 56.9 Å². The second-order valence-corrected chi connectivity index (χ2v) is 7.69. The summed E-state index contributed by atoms with van der Waals surface area (Å²) in [5.74, 6) is 1.19. The number of likely N-dealkylation sites (tertiary alicyclic amines) is 1. The van der Waals surface area contributed by atoms with Gasteiger partial charge < -0.3 is 24.8 Å². The average molecular weight is 353 g/mol. The minimum absolute atomic E-state index is 0.160. The molecule has 5 atom stereocenters. The van der Waals surface area contributed by atoms with Crippen molar-refractivity contribution >= 4 is 0 Å². The summed E-state index contributed by atoms with van der Waals surface area (Å²) >= 11 is 0. The van der Waals surface area contributed by atoms with E-state index < -0.39 is 6.10 Å². The number of aromatic hydroxyl groups is 1. The number of nitrogens with zero attached hydrogens (tertiary/aromatic N) is 2. The molecule has 2 aliphatic heterocycles. The van der Waals surface area contributed by atoms with E-state index in [4.69, 9.17) is 4.74 Å². The fourth-order valence-corrected chi connectivity index (χ4v) is 5.45. The molecule has 2 aliphatic carbocycles. The highest BCUT2D eigenvalue weighted by Crippen LogP contribution is 2.62. The molecule has 0 amide bonds. The number of hydrogen-bond donors (Lipinski definition) is 3. The largest absolute Gasteiger partial charge is 0.504 e. The van der Waals surface area contributed by atoms with Crippen LogP contribution in [0.3, 0.4) is 0 Å². The molecule has 136 valence electrons. The molecule has 4 aliphatic rings. The molecule has 0 radical (unpaired) electrons. The van der Waals surface area contributed by atoms with Gasteiger partial charge in [0.15, 0.2) is 11.5 Å². The number of likely N-dealkylation sites (N-methyl/N-ethyl adjacent to an activating group) is 1. The van der Waals surface area contributed by atoms with Crippen molar-refractivity contribution in [2.45, 2.75) is 36.5 Å². The minimum Gasteiger partial charge on any atom is -0.504 e. The number of hydrogen-bond acceptors (Lipinski definition) is 5. The number of ether oxygens (including phenoxy) is 1. The Morgan fingerprint density at radius 3 is 2.96 bits per heavy atom. The van der Waals surface area contributed by atoms with Crippen molar-refractivity contribution in [3.05, 3.63) is 54.1 Å². The van der Waals surface area contributed by atoms with Crippen molar-refractivity contribution in [3.63, 3.8) is 0 Å². The number of phenolic OH excluding ortho intramolecular Hbond substituents is 1. The van der Waals surface area contributed by atoms with E-state index in [-0.39, 0.29) is 17.3 Å². The molecule has 26 heavy (non-hydrogen) atoms. The first-order valence-electron chi connectivity index (χ1n) is 9.14. The third-order valence-corrected chi connectivity index (χ3v) is 6.56. The Morgan fingerprint density at radius 1 is 1.35 bits per heavy atom. The Bertz CT molecular complexity index is 833. The summed E-state index contributed by atoms with van der Waals surface area (Å²) in [6, 6.07) is 4.23. The molecule has 6 heteroatoms. The predicted molar refractivity (Wildman–Crippen MR) is 96.2 cm³/mol. The van der Waals surface area contributed by atoms with Crippen LogP contribution in [0.15, 0.2) is 43.0 Å². The summed E-state index contributed by atoms with van der Waals surface area (Å²) in [4.78, 5) is 8.85. The van der Waals surface area contributed by atoms with E-state index in [0.29, 0.717) is 17.7 Å². The van der Waals surface area contributed by atoms with Crippen LogP contribution in [0, 0.1) is 5.92 Å². The van der Waals surface area contributed by atoms with Crippen LogP contribution in [0.1, 0.15) is 17.5 Å². The van der Waals surface area contributed by atoms with Crippen LogP contribution in [-0.2, 0) is 11.8 Å². The molecule has 1 aromatic heterocycles. The molecule has 6 rings (SSSR count). The Morgan fingerprint density at radius 2 is 2.23 bits per heavy atom. The highest BCUT2D eigenvalue weighted by Gasteiger charge is 2.64. The van der Waals surface area contributed by atoms with Crippen molar-refractivity contribution in [2.24, 2.45) is 5.92 Å². The number of imidazole rings is 1. The lowest BCUT2D eigenvalue weighted by Crippen LogP contribution is -2.64. The highest BCUT2D eigenvalue weighted by atomic mass is 16.5. The van der Waals surface area contributed by atoms with E-state index in [9.17, 15) is 10.2 Å². The number of aromatic amines is 1. The topological polar surface area (TPSA) is 81.6 Å². The first-order chi connectivity index (χ1) is 12.6. The van der Waals surface area contributed by atoms with Crippen LogP contribution < -0.4 is 4.74 Å². The van der Waals surface area contributed by atoms with Gasteiger partial charge in [0.2, 0.25) is 0 Å². The molecule has 2 bridgehead atoms. The van der Waals surface area contributed by atoms with Gasteiger partial charge in [0.25, 0.3) is 0 Å². The smallest absolute Gasteiger partial charge is 0.165 e. The summed E-state index contributed by atoms with van der Waals surface area (Å²) < 4.78 is 6.09. The fourth-order valence-electron chi connectivity index (χ4n) is 5.45. The van der Waals surface area contributed by atoms with Crippen LogP contribution in [0.25, 0.3) is 0 Å². The molecular formula is C20H23N3O3. The predicted octanol–water partition coefficient (Wildman–Crippen LogP) is 1.61. The van der Waals surface area contributed by atoms with E-state index in [1.807, 2.05) is 12.1 Å². The van der Waals surface area contributed by atoms with Crippen LogP contribution in [0.5, 0.6) is 11.5 Å². The molecule has 1 saturated heterocycles. The molecule has 6 nitrogen and oxygen atoms in total. The van der Waals surface area contributed by atoms with Crippen molar-refractivity contribution in [1.82, 2.24) is 14.9 Å². The normalized spacial score (nSPS) is 35.9. The Hall–Kier alpha value is -2.31. The van der Waals surface area contributed by atoms with Crippen LogP contribution in [0.4, 0.5) is 0 Å². The zero-order valence-electron chi connectivity index (χ0n) is 14.7. The second kappa shape index (κ2) is 5.59. The summed E-state index contributed by atoms with van der Waals surface area (Å²) in [6.45, 7) is 1.01. The summed E-state index contributed by atoms with van der Waals surface area (Å²) in [5, 5.41) is 20.6. The second-order valence-electron chi connectivity index (χ2n) is 7.69. The molecule has 2 aromatic rings. The zero-order valence-corrected chi connectivity index (χ0v) is 14.7. The molecule has 1 aromatic carbocycles. The lowest BCUT2D eigenvalue weighted by Gasteiger charge is -2.56. The van der Waals surface area contributed by atoms with Gasteiger partial charge >= 0.3 is 0 Å². The van der Waals surface area contributed by atoms with Gasteiger partial charge in [0.05, 0.1) is 6.33 Å². The monoisotopic (exact) mass is 353 g/mol. The van der Waals surface area contributed by atoms with Crippen molar-refractivity contribution in [3.8, 4) is 11.5 Å². The summed E-state index contributed by atoms with van der Waals surface area (Å²) in [7, 11) is 2.19. The van der Waals surface area contributed by atoms with Crippen molar-refractivity contribution in [1.29, 1.82) is 0 Å². The quantitative estimate of drug-likeness (QED) is 0.627. The molecular weight excluding hydrogens is 330 g/mol.